The highest BCUT2D eigenvalue weighted by molar-refractivity contribution is 4.90. The van der Waals surface area contributed by atoms with Gasteiger partial charge in [0, 0.05) is 6.04 Å². The zero-order valence-corrected chi connectivity index (χ0v) is 8.77. The van der Waals surface area contributed by atoms with Gasteiger partial charge < -0.3 is 5.32 Å². The van der Waals surface area contributed by atoms with Crippen LogP contribution in [0.2, 0.25) is 0 Å². The fraction of sp³-hybridized carbons (Fsp3) is 1.00. The van der Waals surface area contributed by atoms with Crippen molar-refractivity contribution in [3.05, 3.63) is 0 Å². The largest absolute Gasteiger partial charge is 0.313 e. The Morgan fingerprint density at radius 1 is 1.08 bits per heavy atom. The van der Waals surface area contributed by atoms with Gasteiger partial charge in [-0.05, 0) is 37.6 Å². The second kappa shape index (κ2) is 4.86. The molecule has 1 aliphatic heterocycles. The second-order valence-electron chi connectivity index (χ2n) is 3.94. The van der Waals surface area contributed by atoms with E-state index in [2.05, 4.69) is 12.2 Å². The fourth-order valence-electron chi connectivity index (χ4n) is 2.65. The average molecular weight is 169 g/mol. The number of nitrogens with one attached hydrogen (secondary N) is 1. The highest BCUT2D eigenvalue weighted by Crippen LogP contribution is 2.33. The molecule has 0 aromatic carbocycles. The maximum absolute atomic E-state index is 3.61. The molecule has 1 aliphatic carbocycles. The molecule has 2 aliphatic rings. The van der Waals surface area contributed by atoms with Gasteiger partial charge in [0.05, 0.1) is 0 Å². The first-order chi connectivity index (χ1) is 5.88. The van der Waals surface area contributed by atoms with Gasteiger partial charge in [0.1, 0.15) is 0 Å². The molecule has 1 heterocycles. The highest BCUT2D eigenvalue weighted by Gasteiger charge is 2.33. The molecule has 0 aromatic rings. The van der Waals surface area contributed by atoms with Crippen molar-refractivity contribution in [2.24, 2.45) is 11.8 Å². The Hall–Kier alpha value is -0.0400. The summed E-state index contributed by atoms with van der Waals surface area (Å²) in [5.41, 5.74) is 0. The van der Waals surface area contributed by atoms with E-state index >= 15 is 0 Å². The molecular formula is C11H23N. The number of fused-ring (bicyclic) bond motifs is 1. The lowest BCUT2D eigenvalue weighted by molar-refractivity contribution is 0.245. The molecule has 3 unspecified atom stereocenters. The Bertz CT molecular complexity index is 122. The summed E-state index contributed by atoms with van der Waals surface area (Å²) < 4.78 is 0. The SMILES string of the molecule is CC.CC1CCCC2CCNC12. The van der Waals surface area contributed by atoms with Gasteiger partial charge in [0.15, 0.2) is 0 Å². The normalized spacial score (nSPS) is 39.8. The van der Waals surface area contributed by atoms with Crippen LogP contribution in [0.3, 0.4) is 0 Å². The van der Waals surface area contributed by atoms with Crippen LogP contribution in [0.5, 0.6) is 0 Å². The van der Waals surface area contributed by atoms with Crippen molar-refractivity contribution < 1.29 is 0 Å². The van der Waals surface area contributed by atoms with Crippen molar-refractivity contribution in [1.82, 2.24) is 5.32 Å². The molecule has 0 amide bonds. The van der Waals surface area contributed by atoms with E-state index < -0.39 is 0 Å². The molecule has 2 rings (SSSR count). The molecule has 12 heavy (non-hydrogen) atoms. The lowest BCUT2D eigenvalue weighted by atomic mass is 9.79. The number of rotatable bonds is 0. The van der Waals surface area contributed by atoms with Crippen LogP contribution >= 0.6 is 0 Å². The van der Waals surface area contributed by atoms with Gasteiger partial charge in [0.25, 0.3) is 0 Å². The fourth-order valence-corrected chi connectivity index (χ4v) is 2.65. The summed E-state index contributed by atoms with van der Waals surface area (Å²) in [7, 11) is 0. The molecule has 1 saturated carbocycles. The van der Waals surface area contributed by atoms with Crippen LogP contribution < -0.4 is 5.32 Å². The van der Waals surface area contributed by atoms with E-state index in [1.165, 1.54) is 32.2 Å². The first-order valence-electron chi connectivity index (χ1n) is 5.61. The smallest absolute Gasteiger partial charge is 0.0121 e. The zero-order valence-electron chi connectivity index (χ0n) is 8.77. The highest BCUT2D eigenvalue weighted by atomic mass is 15.0. The summed E-state index contributed by atoms with van der Waals surface area (Å²) in [6.07, 6.45) is 5.86. The van der Waals surface area contributed by atoms with E-state index in [0.717, 1.165) is 17.9 Å². The molecule has 0 bridgehead atoms. The molecule has 2 fully saturated rings. The summed E-state index contributed by atoms with van der Waals surface area (Å²) in [6, 6.07) is 0.883. The van der Waals surface area contributed by atoms with Crippen LogP contribution in [0.25, 0.3) is 0 Å². The lowest BCUT2D eigenvalue weighted by Gasteiger charge is -2.30. The third-order valence-corrected chi connectivity index (χ3v) is 3.25. The van der Waals surface area contributed by atoms with E-state index in [1.807, 2.05) is 13.8 Å². The Balaban J connectivity index is 0.000000336. The quantitative estimate of drug-likeness (QED) is 0.588. The van der Waals surface area contributed by atoms with Crippen molar-refractivity contribution in [1.29, 1.82) is 0 Å². The molecule has 0 aromatic heterocycles. The third-order valence-electron chi connectivity index (χ3n) is 3.25. The molecule has 3 atom stereocenters. The molecule has 0 spiro atoms. The van der Waals surface area contributed by atoms with Crippen LogP contribution in [0.15, 0.2) is 0 Å². The van der Waals surface area contributed by atoms with E-state index in [4.69, 9.17) is 0 Å². The molecule has 1 saturated heterocycles. The van der Waals surface area contributed by atoms with Crippen LogP contribution in [-0.4, -0.2) is 12.6 Å². The van der Waals surface area contributed by atoms with E-state index in [9.17, 15) is 0 Å². The lowest BCUT2D eigenvalue weighted by Crippen LogP contribution is -2.36. The Labute approximate surface area is 76.9 Å². The first-order valence-corrected chi connectivity index (χ1v) is 5.61. The number of hydrogen-bond donors (Lipinski definition) is 1. The minimum Gasteiger partial charge on any atom is -0.313 e. The summed E-state index contributed by atoms with van der Waals surface area (Å²) in [4.78, 5) is 0. The van der Waals surface area contributed by atoms with Crippen LogP contribution in [0.4, 0.5) is 0 Å². The van der Waals surface area contributed by atoms with Crippen molar-refractivity contribution in [3.63, 3.8) is 0 Å². The molecule has 1 nitrogen and oxygen atoms in total. The van der Waals surface area contributed by atoms with Crippen molar-refractivity contribution in [3.8, 4) is 0 Å². The van der Waals surface area contributed by atoms with Crippen molar-refractivity contribution in [2.45, 2.75) is 52.5 Å². The summed E-state index contributed by atoms with van der Waals surface area (Å²) >= 11 is 0. The molecular weight excluding hydrogens is 146 g/mol. The van der Waals surface area contributed by atoms with Gasteiger partial charge in [0.2, 0.25) is 0 Å². The van der Waals surface area contributed by atoms with E-state index in [0.29, 0.717) is 0 Å². The minimum absolute atomic E-state index is 0.883. The van der Waals surface area contributed by atoms with Gasteiger partial charge >= 0.3 is 0 Å². The average Bonchev–Trinajstić information content (AvgIpc) is 2.57. The maximum Gasteiger partial charge on any atom is 0.0121 e. The Kier molecular flexibility index (Phi) is 4.07. The second-order valence-corrected chi connectivity index (χ2v) is 3.94. The summed E-state index contributed by atoms with van der Waals surface area (Å²) in [5.74, 6) is 1.98. The third kappa shape index (κ3) is 2.01. The van der Waals surface area contributed by atoms with Crippen molar-refractivity contribution in [2.75, 3.05) is 6.54 Å². The van der Waals surface area contributed by atoms with Gasteiger partial charge in [-0.15, -0.1) is 0 Å². The zero-order chi connectivity index (χ0) is 8.97. The minimum atomic E-state index is 0.883. The summed E-state index contributed by atoms with van der Waals surface area (Å²) in [6.45, 7) is 7.68. The van der Waals surface area contributed by atoms with Gasteiger partial charge in [-0.2, -0.15) is 0 Å². The number of hydrogen-bond acceptors (Lipinski definition) is 1. The van der Waals surface area contributed by atoms with Gasteiger partial charge in [-0.1, -0.05) is 27.2 Å². The predicted octanol–water partition coefficient (Wildman–Crippen LogP) is 2.81. The Morgan fingerprint density at radius 2 is 1.83 bits per heavy atom. The van der Waals surface area contributed by atoms with Crippen LogP contribution in [0, 0.1) is 11.8 Å². The maximum atomic E-state index is 3.61. The van der Waals surface area contributed by atoms with Crippen LogP contribution in [0.1, 0.15) is 46.5 Å². The van der Waals surface area contributed by atoms with E-state index in [-0.39, 0.29) is 0 Å². The monoisotopic (exact) mass is 169 g/mol. The standard InChI is InChI=1S/C9H17N.C2H6/c1-7-3-2-4-8-5-6-10-9(7)8;1-2/h7-10H,2-6H2,1H3;1-2H3. The van der Waals surface area contributed by atoms with E-state index in [1.54, 1.807) is 0 Å². The molecule has 72 valence electrons. The van der Waals surface area contributed by atoms with Crippen LogP contribution in [-0.2, 0) is 0 Å². The predicted molar refractivity (Wildman–Crippen MR) is 54.3 cm³/mol. The summed E-state index contributed by atoms with van der Waals surface area (Å²) in [5, 5.41) is 3.61. The Morgan fingerprint density at radius 3 is 2.50 bits per heavy atom. The first kappa shape index (κ1) is 10.0. The molecule has 1 N–H and O–H groups in total. The topological polar surface area (TPSA) is 12.0 Å². The van der Waals surface area contributed by atoms with Crippen molar-refractivity contribution >= 4 is 0 Å². The van der Waals surface area contributed by atoms with Gasteiger partial charge in [-0.3, -0.25) is 0 Å². The van der Waals surface area contributed by atoms with Gasteiger partial charge in [-0.25, -0.2) is 0 Å². The molecule has 1 heteroatoms. The molecule has 0 radical (unpaired) electrons.